The minimum Gasteiger partial charge on any atom is -0.320 e. The summed E-state index contributed by atoms with van der Waals surface area (Å²) in [5.41, 5.74) is 2.17. The molecule has 17 heavy (non-hydrogen) atoms. The molecule has 5 nitrogen and oxygen atoms in total. The number of halogens is 1. The number of aromatic nitrogens is 2. The van der Waals surface area contributed by atoms with Gasteiger partial charge in [0.15, 0.2) is 5.69 Å². The topological polar surface area (TPSA) is 68.0 Å². The summed E-state index contributed by atoms with van der Waals surface area (Å²) in [7, 11) is 0. The smallest absolute Gasteiger partial charge is 0.279 e. The fourth-order valence-electron chi connectivity index (χ4n) is 1.35. The van der Waals surface area contributed by atoms with Gasteiger partial charge in [0.25, 0.3) is 5.91 Å². The summed E-state index contributed by atoms with van der Waals surface area (Å²) in [5, 5.41) is 10.3. The van der Waals surface area contributed by atoms with Gasteiger partial charge in [0.1, 0.15) is 5.69 Å². The van der Waals surface area contributed by atoms with Crippen LogP contribution in [-0.2, 0) is 0 Å². The first-order chi connectivity index (χ1) is 8.08. The predicted octanol–water partition coefficient (Wildman–Crippen LogP) is 2.59. The van der Waals surface area contributed by atoms with Crippen LogP contribution < -0.4 is 5.32 Å². The number of carbonyl (C=O) groups excluding carboxylic acids is 1. The Kier molecular flexibility index (Phi) is 3.10. The average molecular weight is 252 g/mol. The molecule has 0 saturated heterocycles. The number of anilines is 1. The normalized spacial score (nSPS) is 10.3. The molecule has 0 saturated carbocycles. The number of hydrogen-bond acceptors (Lipinski definition) is 4. The van der Waals surface area contributed by atoms with Gasteiger partial charge in [-0.2, -0.15) is 0 Å². The first-order valence-corrected chi connectivity index (χ1v) is 5.32. The molecule has 1 aromatic carbocycles. The van der Waals surface area contributed by atoms with Crippen molar-refractivity contribution in [3.8, 4) is 0 Å². The van der Waals surface area contributed by atoms with E-state index in [0.29, 0.717) is 16.4 Å². The summed E-state index contributed by atoms with van der Waals surface area (Å²) in [6.45, 7) is 3.52. The van der Waals surface area contributed by atoms with Gasteiger partial charge in [-0.3, -0.25) is 4.79 Å². The van der Waals surface area contributed by atoms with E-state index in [1.165, 1.54) is 0 Å². The van der Waals surface area contributed by atoms with Crippen molar-refractivity contribution in [2.75, 3.05) is 5.32 Å². The van der Waals surface area contributed by atoms with E-state index in [9.17, 15) is 4.79 Å². The molecule has 2 rings (SSSR count). The average Bonchev–Trinajstić information content (AvgIpc) is 2.70. The molecule has 0 aliphatic heterocycles. The molecule has 0 bridgehead atoms. The number of rotatable bonds is 2. The molecule has 1 N–H and O–H groups in total. The highest BCUT2D eigenvalue weighted by Crippen LogP contribution is 2.20. The molecule has 0 aliphatic rings. The molecule has 0 radical (unpaired) electrons. The van der Waals surface area contributed by atoms with Crippen LogP contribution in [0.15, 0.2) is 22.8 Å². The second-order valence-corrected chi connectivity index (χ2v) is 4.05. The van der Waals surface area contributed by atoms with Gasteiger partial charge < -0.3 is 5.32 Å². The van der Waals surface area contributed by atoms with E-state index >= 15 is 0 Å². The van der Waals surface area contributed by atoms with Crippen LogP contribution in [-0.4, -0.2) is 16.2 Å². The van der Waals surface area contributed by atoms with E-state index in [-0.39, 0.29) is 11.6 Å². The van der Waals surface area contributed by atoms with E-state index in [2.05, 4.69) is 20.3 Å². The van der Waals surface area contributed by atoms with Crippen LogP contribution in [0.25, 0.3) is 0 Å². The maximum Gasteiger partial charge on any atom is 0.279 e. The number of carbonyl (C=O) groups is 1. The van der Waals surface area contributed by atoms with Crippen molar-refractivity contribution in [3.63, 3.8) is 0 Å². The molecule has 0 fully saturated rings. The number of nitrogens with zero attached hydrogens (tertiary/aromatic N) is 2. The fraction of sp³-hybridized carbons (Fsp3) is 0.182. The van der Waals surface area contributed by atoms with Gasteiger partial charge in [0.2, 0.25) is 0 Å². The minimum absolute atomic E-state index is 0.171. The van der Waals surface area contributed by atoms with Gasteiger partial charge in [-0.15, -0.1) is 0 Å². The van der Waals surface area contributed by atoms with Crippen molar-refractivity contribution in [1.82, 2.24) is 10.3 Å². The van der Waals surface area contributed by atoms with Gasteiger partial charge >= 0.3 is 0 Å². The molecule has 1 amide bonds. The van der Waals surface area contributed by atoms with Crippen LogP contribution in [0.3, 0.4) is 0 Å². The van der Waals surface area contributed by atoms with Crippen molar-refractivity contribution >= 4 is 23.2 Å². The largest absolute Gasteiger partial charge is 0.320 e. The van der Waals surface area contributed by atoms with Gasteiger partial charge in [-0.05, 0) is 36.7 Å². The predicted molar refractivity (Wildman–Crippen MR) is 63.2 cm³/mol. The highest BCUT2D eigenvalue weighted by molar-refractivity contribution is 6.31. The first-order valence-electron chi connectivity index (χ1n) is 4.94. The molecular formula is C11H10ClN3O2. The first kappa shape index (κ1) is 11.6. The third kappa shape index (κ3) is 2.45. The summed E-state index contributed by atoms with van der Waals surface area (Å²) >= 11 is 5.86. The van der Waals surface area contributed by atoms with Crippen LogP contribution in [0, 0.1) is 13.8 Å². The lowest BCUT2D eigenvalue weighted by Gasteiger charge is -2.07. The molecule has 2 aromatic rings. The molecule has 88 valence electrons. The Morgan fingerprint density at radius 1 is 1.35 bits per heavy atom. The van der Waals surface area contributed by atoms with Gasteiger partial charge in [0, 0.05) is 10.7 Å². The standard InChI is InChI=1S/C11H10ClN3O2/c1-6-3-4-8(12)5-9(6)13-11(16)10-7(2)14-17-15-10/h3-5H,1-2H3,(H,13,16). The van der Waals surface area contributed by atoms with E-state index in [1.807, 2.05) is 13.0 Å². The summed E-state index contributed by atoms with van der Waals surface area (Å²) < 4.78 is 4.47. The Hall–Kier alpha value is -1.88. The third-order valence-corrected chi connectivity index (χ3v) is 2.55. The Morgan fingerprint density at radius 2 is 2.12 bits per heavy atom. The summed E-state index contributed by atoms with van der Waals surface area (Å²) in [4.78, 5) is 11.8. The van der Waals surface area contributed by atoms with Crippen molar-refractivity contribution < 1.29 is 9.42 Å². The van der Waals surface area contributed by atoms with Gasteiger partial charge in [-0.1, -0.05) is 22.8 Å². The van der Waals surface area contributed by atoms with Crippen LogP contribution in [0.2, 0.25) is 5.02 Å². The monoisotopic (exact) mass is 251 g/mol. The van der Waals surface area contributed by atoms with Crippen LogP contribution >= 0.6 is 11.6 Å². The number of amides is 1. The lowest BCUT2D eigenvalue weighted by molar-refractivity contribution is 0.101. The van der Waals surface area contributed by atoms with E-state index < -0.39 is 0 Å². The molecule has 0 spiro atoms. The highest BCUT2D eigenvalue weighted by Gasteiger charge is 2.15. The van der Waals surface area contributed by atoms with Crippen LogP contribution in [0.1, 0.15) is 21.7 Å². The molecule has 0 atom stereocenters. The lowest BCUT2D eigenvalue weighted by atomic mass is 10.2. The number of benzene rings is 1. The van der Waals surface area contributed by atoms with Crippen molar-refractivity contribution in [2.24, 2.45) is 0 Å². The third-order valence-electron chi connectivity index (χ3n) is 2.32. The SMILES string of the molecule is Cc1ccc(Cl)cc1NC(=O)c1nonc1C. The van der Waals surface area contributed by atoms with Crippen molar-refractivity contribution in [1.29, 1.82) is 0 Å². The van der Waals surface area contributed by atoms with E-state index in [1.54, 1.807) is 19.1 Å². The molecule has 1 heterocycles. The maximum absolute atomic E-state index is 11.8. The van der Waals surface area contributed by atoms with Gasteiger partial charge in [-0.25, -0.2) is 4.63 Å². The van der Waals surface area contributed by atoms with Crippen molar-refractivity contribution in [2.45, 2.75) is 13.8 Å². The number of hydrogen-bond donors (Lipinski definition) is 1. The maximum atomic E-state index is 11.8. The highest BCUT2D eigenvalue weighted by atomic mass is 35.5. The molecule has 6 heteroatoms. The molecule has 1 aromatic heterocycles. The quantitative estimate of drug-likeness (QED) is 0.891. The molecular weight excluding hydrogens is 242 g/mol. The van der Waals surface area contributed by atoms with Crippen LogP contribution in [0.4, 0.5) is 5.69 Å². The Balaban J connectivity index is 2.24. The lowest BCUT2D eigenvalue weighted by Crippen LogP contribution is -2.14. The fourth-order valence-corrected chi connectivity index (χ4v) is 1.52. The summed E-state index contributed by atoms with van der Waals surface area (Å²) in [5.74, 6) is -0.367. The molecule has 0 unspecified atom stereocenters. The van der Waals surface area contributed by atoms with E-state index in [4.69, 9.17) is 11.6 Å². The second-order valence-electron chi connectivity index (χ2n) is 3.61. The minimum atomic E-state index is -0.367. The zero-order valence-electron chi connectivity index (χ0n) is 9.32. The Morgan fingerprint density at radius 3 is 2.76 bits per heavy atom. The zero-order valence-corrected chi connectivity index (χ0v) is 10.1. The van der Waals surface area contributed by atoms with Crippen molar-refractivity contribution in [3.05, 3.63) is 40.2 Å². The van der Waals surface area contributed by atoms with Gasteiger partial charge in [0.05, 0.1) is 0 Å². The summed E-state index contributed by atoms with van der Waals surface area (Å²) in [6.07, 6.45) is 0. The van der Waals surface area contributed by atoms with Crippen LogP contribution in [0.5, 0.6) is 0 Å². The van der Waals surface area contributed by atoms with E-state index in [0.717, 1.165) is 5.56 Å². The number of nitrogens with one attached hydrogen (secondary N) is 1. The second kappa shape index (κ2) is 4.55. The summed E-state index contributed by atoms with van der Waals surface area (Å²) in [6, 6.07) is 5.26. The Bertz CT molecular complexity index is 566. The zero-order chi connectivity index (χ0) is 12.4. The Labute approximate surface area is 103 Å². The number of aryl methyl sites for hydroxylation is 2. The molecule has 0 aliphatic carbocycles.